The molecule has 0 bridgehead atoms. The van der Waals surface area contributed by atoms with Gasteiger partial charge in [0.15, 0.2) is 10.8 Å². The van der Waals surface area contributed by atoms with Crippen molar-refractivity contribution < 1.29 is 28.7 Å². The van der Waals surface area contributed by atoms with Crippen molar-refractivity contribution in [1.82, 2.24) is 25.4 Å². The molecule has 4 N–H and O–H groups in total. The van der Waals surface area contributed by atoms with E-state index in [-0.39, 0.29) is 28.0 Å². The average molecular weight is 580 g/mol. The van der Waals surface area contributed by atoms with Gasteiger partial charge in [0, 0.05) is 16.9 Å². The maximum absolute atomic E-state index is 13.0. The minimum absolute atomic E-state index is 0.109. The molecule has 1 unspecified atom stereocenters. The molecule has 2 aliphatic rings. The largest absolute Gasteiger partial charge is 0.477 e. The number of thioether (sulfide) groups is 2. The van der Waals surface area contributed by atoms with E-state index in [0.29, 0.717) is 22.4 Å². The van der Waals surface area contributed by atoms with E-state index in [2.05, 4.69) is 25.7 Å². The van der Waals surface area contributed by atoms with E-state index in [1.807, 2.05) is 17.5 Å². The molecule has 1 saturated heterocycles. The van der Waals surface area contributed by atoms with Gasteiger partial charge in [0.2, 0.25) is 0 Å². The number of nitrogens with zero attached hydrogens (tertiary/aromatic N) is 5. The number of oxime groups is 1. The number of carbonyl (C=O) groups excluding carboxylic acids is 2. The summed E-state index contributed by atoms with van der Waals surface area (Å²) in [6.07, 6.45) is 0. The summed E-state index contributed by atoms with van der Waals surface area (Å²) >= 11 is 5.12. The van der Waals surface area contributed by atoms with Crippen LogP contribution < -0.4 is 11.1 Å². The van der Waals surface area contributed by atoms with Crippen LogP contribution in [0.4, 0.5) is 5.13 Å². The first kappa shape index (κ1) is 25.2. The van der Waals surface area contributed by atoms with E-state index in [4.69, 9.17) is 15.0 Å². The van der Waals surface area contributed by atoms with Gasteiger partial charge in [-0.05, 0) is 17.0 Å². The fourth-order valence-corrected chi connectivity index (χ4v) is 7.05. The van der Waals surface area contributed by atoms with Crippen LogP contribution in [0.3, 0.4) is 0 Å². The second kappa shape index (κ2) is 10.5. The van der Waals surface area contributed by atoms with Gasteiger partial charge in [-0.15, -0.1) is 44.6 Å². The van der Waals surface area contributed by atoms with Crippen LogP contribution >= 0.6 is 46.2 Å². The molecule has 3 aromatic heterocycles. The van der Waals surface area contributed by atoms with Crippen molar-refractivity contribution in [1.29, 1.82) is 0 Å². The number of β-lactam (4-membered cyclic amide) rings is 1. The van der Waals surface area contributed by atoms with Gasteiger partial charge in [0.1, 0.15) is 29.9 Å². The highest BCUT2D eigenvalue weighted by Gasteiger charge is 2.54. The third-order valence-electron chi connectivity index (χ3n) is 5.21. The smallest absolute Gasteiger partial charge is 0.352 e. The molecule has 2 atom stereocenters. The van der Waals surface area contributed by atoms with Crippen molar-refractivity contribution in [2.75, 3.05) is 24.3 Å². The van der Waals surface area contributed by atoms with Crippen LogP contribution in [0.25, 0.3) is 10.8 Å². The number of fused-ring (bicyclic) bond motifs is 1. The molecule has 192 valence electrons. The third kappa shape index (κ3) is 4.94. The number of rotatable bonds is 9. The number of amides is 2. The van der Waals surface area contributed by atoms with Crippen molar-refractivity contribution in [3.63, 3.8) is 0 Å². The van der Waals surface area contributed by atoms with Gasteiger partial charge < -0.3 is 25.4 Å². The van der Waals surface area contributed by atoms with Gasteiger partial charge >= 0.3 is 5.97 Å². The van der Waals surface area contributed by atoms with E-state index in [0.717, 1.165) is 16.2 Å². The SMILES string of the molecule is CON=C(C(=O)NC1C(=O)N2C(C(=O)O)=C(CSc3nnc(-c4cccs4)o3)CS[C@@H]12)c1csc(N)n1. The highest BCUT2D eigenvalue weighted by molar-refractivity contribution is 8.01. The number of carbonyl (C=O) groups is 3. The number of thiazole rings is 1. The summed E-state index contributed by atoms with van der Waals surface area (Å²) in [5.74, 6) is -1.50. The molecular formula is C20H17N7O6S4. The summed E-state index contributed by atoms with van der Waals surface area (Å²) in [5.41, 5.74) is 6.13. The van der Waals surface area contributed by atoms with Crippen molar-refractivity contribution in [3.05, 3.63) is 39.9 Å². The number of anilines is 1. The Kier molecular flexibility index (Phi) is 7.18. The van der Waals surface area contributed by atoms with Gasteiger partial charge in [-0.1, -0.05) is 23.0 Å². The second-order valence-corrected chi connectivity index (χ2v) is 11.3. The zero-order chi connectivity index (χ0) is 26.1. The maximum Gasteiger partial charge on any atom is 0.352 e. The molecule has 13 nitrogen and oxygen atoms in total. The Morgan fingerprint density at radius 1 is 1.41 bits per heavy atom. The Bertz CT molecular complexity index is 1420. The normalized spacial score (nSPS) is 19.4. The molecule has 37 heavy (non-hydrogen) atoms. The van der Waals surface area contributed by atoms with E-state index < -0.39 is 29.2 Å². The Hall–Kier alpha value is -3.41. The summed E-state index contributed by atoms with van der Waals surface area (Å²) in [6.45, 7) is 0. The lowest BCUT2D eigenvalue weighted by Crippen LogP contribution is -2.71. The first-order valence-electron chi connectivity index (χ1n) is 10.4. The molecule has 3 aromatic rings. The summed E-state index contributed by atoms with van der Waals surface area (Å²) in [6, 6.07) is 2.79. The predicted molar refractivity (Wildman–Crippen MR) is 138 cm³/mol. The lowest BCUT2D eigenvalue weighted by Gasteiger charge is -2.49. The minimum atomic E-state index is -1.23. The number of nitrogens with two attached hydrogens (primary N) is 1. The molecule has 17 heteroatoms. The molecule has 5 heterocycles. The maximum atomic E-state index is 13.0. The van der Waals surface area contributed by atoms with Crippen LogP contribution in [-0.4, -0.2) is 78.7 Å². The summed E-state index contributed by atoms with van der Waals surface area (Å²) in [5, 5.41) is 27.6. The van der Waals surface area contributed by atoms with Crippen molar-refractivity contribution >= 4 is 74.8 Å². The predicted octanol–water partition coefficient (Wildman–Crippen LogP) is 1.72. The zero-order valence-corrected chi connectivity index (χ0v) is 22.1. The number of hydrogen-bond acceptors (Lipinski definition) is 14. The number of nitrogens with one attached hydrogen (secondary N) is 1. The van der Waals surface area contributed by atoms with E-state index in [1.54, 1.807) is 5.38 Å². The highest BCUT2D eigenvalue weighted by Crippen LogP contribution is 2.41. The van der Waals surface area contributed by atoms with Crippen LogP contribution in [0.1, 0.15) is 5.69 Å². The topological polar surface area (TPSA) is 186 Å². The molecule has 5 rings (SSSR count). The Balaban J connectivity index is 1.28. The Morgan fingerprint density at radius 3 is 2.92 bits per heavy atom. The van der Waals surface area contributed by atoms with Crippen molar-refractivity contribution in [2.45, 2.75) is 16.6 Å². The fourth-order valence-electron chi connectivity index (χ4n) is 3.61. The number of carboxylic acid groups (broad SMARTS) is 1. The lowest BCUT2D eigenvalue weighted by molar-refractivity contribution is -0.150. The zero-order valence-electron chi connectivity index (χ0n) is 18.8. The van der Waals surface area contributed by atoms with Gasteiger partial charge in [0.05, 0.1) is 4.88 Å². The van der Waals surface area contributed by atoms with E-state index >= 15 is 0 Å². The number of hydrogen-bond donors (Lipinski definition) is 3. The van der Waals surface area contributed by atoms with Gasteiger partial charge in [-0.25, -0.2) is 9.78 Å². The number of aromatic nitrogens is 3. The molecule has 0 aromatic carbocycles. The standard InChI is InChI=1S/C20H17N7O6S4/c1-32-26-11(9-7-36-19(21)22-9)14(28)23-12-16(29)27-13(18(30)31)8(5-35-17(12)27)6-37-20-25-24-15(33-20)10-3-2-4-34-10/h2-4,7,12,17H,5-6H2,1H3,(H2,21,22)(H,23,28)(H,30,31)/t12?,17-/m0/s1. The van der Waals surface area contributed by atoms with E-state index in [9.17, 15) is 19.5 Å². The summed E-state index contributed by atoms with van der Waals surface area (Å²) < 4.78 is 5.65. The van der Waals surface area contributed by atoms with Crippen molar-refractivity contribution in [3.8, 4) is 10.8 Å². The Labute approximate surface area is 225 Å². The third-order valence-corrected chi connectivity index (χ3v) is 8.98. The number of thiophene rings is 1. The summed E-state index contributed by atoms with van der Waals surface area (Å²) in [7, 11) is 1.27. The molecule has 2 aliphatic heterocycles. The first-order chi connectivity index (χ1) is 17.9. The fraction of sp³-hybridized carbons (Fsp3) is 0.250. The van der Waals surface area contributed by atoms with Gasteiger partial charge in [-0.3, -0.25) is 14.5 Å². The highest BCUT2D eigenvalue weighted by atomic mass is 32.2. The molecule has 1 fully saturated rings. The second-order valence-electron chi connectivity index (χ2n) is 7.45. The van der Waals surface area contributed by atoms with Crippen LogP contribution in [0.5, 0.6) is 0 Å². The molecule has 0 aliphatic carbocycles. The lowest BCUT2D eigenvalue weighted by atomic mass is 10.0. The van der Waals surface area contributed by atoms with Crippen molar-refractivity contribution in [2.24, 2.45) is 5.16 Å². The molecule has 0 radical (unpaired) electrons. The molecule has 2 amide bonds. The average Bonchev–Trinajstić information content (AvgIpc) is 3.65. The Morgan fingerprint density at radius 2 is 2.24 bits per heavy atom. The number of nitrogen functional groups attached to an aromatic ring is 1. The quantitative estimate of drug-likeness (QED) is 0.144. The first-order valence-corrected chi connectivity index (χ1v) is 14.2. The van der Waals surface area contributed by atoms with Crippen LogP contribution in [0.2, 0.25) is 0 Å². The van der Waals surface area contributed by atoms with Crippen LogP contribution in [0, 0.1) is 0 Å². The molecule has 0 spiro atoms. The number of carboxylic acids is 1. The molecule has 0 saturated carbocycles. The van der Waals surface area contributed by atoms with Gasteiger partial charge in [0.25, 0.3) is 22.9 Å². The van der Waals surface area contributed by atoms with Gasteiger partial charge in [-0.2, -0.15) is 0 Å². The van der Waals surface area contributed by atoms with Crippen LogP contribution in [-0.2, 0) is 19.2 Å². The van der Waals surface area contributed by atoms with Crippen LogP contribution in [0.15, 0.2) is 49.0 Å². The molecular weight excluding hydrogens is 563 g/mol. The summed E-state index contributed by atoms with van der Waals surface area (Å²) in [4.78, 5) is 48.7. The monoisotopic (exact) mass is 579 g/mol. The van der Waals surface area contributed by atoms with E-state index in [1.165, 1.54) is 46.9 Å². The number of aliphatic carboxylic acids is 1. The minimum Gasteiger partial charge on any atom is -0.477 e.